The Morgan fingerprint density at radius 1 is 1.08 bits per heavy atom. The molecule has 5 nitrogen and oxygen atoms in total. The van der Waals surface area contributed by atoms with Crippen LogP contribution in [-0.2, 0) is 12.5 Å². The Hall–Kier alpha value is -4.11. The first kappa shape index (κ1) is 24.6. The number of benzene rings is 3. The number of nitrogens with zero attached hydrogens (tertiary/aromatic N) is 3. The van der Waals surface area contributed by atoms with E-state index < -0.39 is 29.3 Å². The quantitative estimate of drug-likeness (QED) is 0.222. The Bertz CT molecular complexity index is 1420. The largest absolute Gasteiger partial charge is 0.497 e. The fraction of sp³-hybridized carbons (Fsp3) is 0.179. The molecule has 0 saturated heterocycles. The highest BCUT2D eigenvalue weighted by molar-refractivity contribution is 5.64. The molecule has 0 radical (unpaired) electrons. The molecule has 4 aromatic rings. The van der Waals surface area contributed by atoms with E-state index in [4.69, 9.17) is 4.74 Å². The Kier molecular flexibility index (Phi) is 6.47. The number of halogens is 4. The molecule has 0 saturated carbocycles. The Balaban J connectivity index is 1.70. The summed E-state index contributed by atoms with van der Waals surface area (Å²) in [5, 5.41) is 7.36. The molecule has 5 rings (SSSR count). The van der Waals surface area contributed by atoms with E-state index in [0.717, 1.165) is 10.7 Å². The second-order valence-electron chi connectivity index (χ2n) is 8.69. The van der Waals surface area contributed by atoms with Crippen LogP contribution >= 0.6 is 0 Å². The second kappa shape index (κ2) is 9.74. The van der Waals surface area contributed by atoms with Gasteiger partial charge in [-0.25, -0.2) is 13.5 Å². The number of hydrogen-bond acceptors (Lipinski definition) is 4. The lowest BCUT2D eigenvalue weighted by atomic mass is 9.90. The standard InChI is InChI=1S/C28H24F4N4O/c1-3-15-35-17-22-25(28(31,32)26(35)18-9-12-21(37-2)13-10-18)34-36(24-14-11-19(29)16-23(24)30)27(22)33-20-7-5-4-6-8-20/h3-14,16,26,33H,1,15,17H2,2H3. The maximum Gasteiger partial charge on any atom is 0.311 e. The van der Waals surface area contributed by atoms with Crippen molar-refractivity contribution in [2.75, 3.05) is 19.0 Å². The SMILES string of the molecule is C=CCN1Cc2c(nn(-c3ccc(F)cc3F)c2Nc2ccccc2)C(F)(F)C1c1ccc(OC)cc1. The fourth-order valence-electron chi connectivity index (χ4n) is 4.68. The average molecular weight is 509 g/mol. The van der Waals surface area contributed by atoms with Crippen LogP contribution in [0.3, 0.4) is 0 Å². The van der Waals surface area contributed by atoms with E-state index in [-0.39, 0.29) is 30.2 Å². The normalized spacial score (nSPS) is 16.7. The molecule has 0 amide bonds. The van der Waals surface area contributed by atoms with Gasteiger partial charge in [0.2, 0.25) is 0 Å². The monoisotopic (exact) mass is 508 g/mol. The van der Waals surface area contributed by atoms with Crippen LogP contribution in [0.15, 0.2) is 85.5 Å². The average Bonchev–Trinajstić information content (AvgIpc) is 3.24. The van der Waals surface area contributed by atoms with Gasteiger partial charge < -0.3 is 10.1 Å². The zero-order valence-electron chi connectivity index (χ0n) is 20.0. The number of anilines is 2. The molecule has 0 spiro atoms. The van der Waals surface area contributed by atoms with E-state index in [0.29, 0.717) is 23.1 Å². The molecule has 1 atom stereocenters. The molecule has 0 aliphatic carbocycles. The van der Waals surface area contributed by atoms with Gasteiger partial charge in [0.1, 0.15) is 34.8 Å². The number of rotatable bonds is 7. The second-order valence-corrected chi connectivity index (χ2v) is 8.69. The third-order valence-electron chi connectivity index (χ3n) is 6.34. The lowest BCUT2D eigenvalue weighted by Crippen LogP contribution is -2.44. The molecule has 1 unspecified atom stereocenters. The van der Waals surface area contributed by atoms with Crippen molar-refractivity contribution in [1.82, 2.24) is 14.7 Å². The van der Waals surface area contributed by atoms with Crippen molar-refractivity contribution in [3.05, 3.63) is 114 Å². The van der Waals surface area contributed by atoms with Crippen molar-refractivity contribution in [2.24, 2.45) is 0 Å². The van der Waals surface area contributed by atoms with Crippen molar-refractivity contribution < 1.29 is 22.3 Å². The topological polar surface area (TPSA) is 42.3 Å². The van der Waals surface area contributed by atoms with Crippen molar-refractivity contribution in [3.8, 4) is 11.4 Å². The van der Waals surface area contributed by atoms with Crippen molar-refractivity contribution in [3.63, 3.8) is 0 Å². The molecule has 1 aromatic heterocycles. The summed E-state index contributed by atoms with van der Waals surface area (Å²) in [6.45, 7) is 4.01. The summed E-state index contributed by atoms with van der Waals surface area (Å²) >= 11 is 0. The van der Waals surface area contributed by atoms with E-state index in [2.05, 4.69) is 17.0 Å². The van der Waals surface area contributed by atoms with Crippen LogP contribution in [0, 0.1) is 11.6 Å². The highest BCUT2D eigenvalue weighted by Gasteiger charge is 2.53. The van der Waals surface area contributed by atoms with E-state index >= 15 is 8.78 Å². The molecule has 0 bridgehead atoms. The van der Waals surface area contributed by atoms with Gasteiger partial charge >= 0.3 is 5.92 Å². The van der Waals surface area contributed by atoms with Crippen LogP contribution < -0.4 is 10.1 Å². The lowest BCUT2D eigenvalue weighted by molar-refractivity contribution is -0.106. The van der Waals surface area contributed by atoms with Gasteiger partial charge in [0, 0.05) is 30.4 Å². The van der Waals surface area contributed by atoms with Crippen molar-refractivity contribution >= 4 is 11.5 Å². The van der Waals surface area contributed by atoms with Crippen LogP contribution in [0.4, 0.5) is 29.1 Å². The van der Waals surface area contributed by atoms with Gasteiger partial charge in [-0.2, -0.15) is 13.9 Å². The molecule has 1 aliphatic heterocycles. The predicted molar refractivity (Wildman–Crippen MR) is 133 cm³/mol. The number of methoxy groups -OCH3 is 1. The number of fused-ring (bicyclic) bond motifs is 1. The Morgan fingerprint density at radius 2 is 1.81 bits per heavy atom. The van der Waals surface area contributed by atoms with Gasteiger partial charge in [0.05, 0.1) is 7.11 Å². The number of alkyl halides is 2. The third-order valence-corrected chi connectivity index (χ3v) is 6.34. The zero-order chi connectivity index (χ0) is 26.2. The zero-order valence-corrected chi connectivity index (χ0v) is 20.0. The minimum absolute atomic E-state index is 0.0889. The van der Waals surface area contributed by atoms with Crippen LogP contribution in [0.5, 0.6) is 5.75 Å². The maximum absolute atomic E-state index is 16.4. The molecule has 37 heavy (non-hydrogen) atoms. The van der Waals surface area contributed by atoms with E-state index in [1.54, 1.807) is 59.5 Å². The first-order chi connectivity index (χ1) is 17.8. The van der Waals surface area contributed by atoms with Gasteiger partial charge in [-0.1, -0.05) is 36.4 Å². The molecule has 2 heterocycles. The number of nitrogens with one attached hydrogen (secondary N) is 1. The molecular weight excluding hydrogens is 484 g/mol. The number of ether oxygens (including phenoxy) is 1. The summed E-state index contributed by atoms with van der Waals surface area (Å²) in [7, 11) is 1.50. The summed E-state index contributed by atoms with van der Waals surface area (Å²) in [4.78, 5) is 1.60. The van der Waals surface area contributed by atoms with Gasteiger partial charge in [-0.05, 0) is 42.0 Å². The first-order valence-electron chi connectivity index (χ1n) is 11.6. The van der Waals surface area contributed by atoms with Crippen LogP contribution in [0.2, 0.25) is 0 Å². The van der Waals surface area contributed by atoms with Gasteiger partial charge in [0.15, 0.2) is 5.82 Å². The summed E-state index contributed by atoms with van der Waals surface area (Å²) in [6.07, 6.45) is 1.56. The minimum atomic E-state index is -3.46. The maximum atomic E-state index is 16.4. The minimum Gasteiger partial charge on any atom is -0.497 e. The smallest absolute Gasteiger partial charge is 0.311 e. The van der Waals surface area contributed by atoms with E-state index in [1.807, 2.05) is 6.07 Å². The molecule has 9 heteroatoms. The van der Waals surface area contributed by atoms with Crippen LogP contribution in [0.1, 0.15) is 22.9 Å². The number of para-hydroxylation sites is 1. The summed E-state index contributed by atoms with van der Waals surface area (Å²) in [5.74, 6) is -4.44. The molecule has 1 N–H and O–H groups in total. The van der Waals surface area contributed by atoms with Gasteiger partial charge in [-0.3, -0.25) is 4.90 Å². The van der Waals surface area contributed by atoms with Gasteiger partial charge in [-0.15, -0.1) is 6.58 Å². The Labute approximate surface area is 211 Å². The first-order valence-corrected chi connectivity index (χ1v) is 11.6. The molecule has 0 fully saturated rings. The van der Waals surface area contributed by atoms with Crippen molar-refractivity contribution in [2.45, 2.75) is 18.5 Å². The summed E-state index contributed by atoms with van der Waals surface area (Å²) in [6, 6.07) is 16.9. The van der Waals surface area contributed by atoms with Crippen LogP contribution in [-0.4, -0.2) is 28.3 Å². The van der Waals surface area contributed by atoms with E-state index in [9.17, 15) is 8.78 Å². The highest BCUT2D eigenvalue weighted by atomic mass is 19.3. The Morgan fingerprint density at radius 3 is 2.46 bits per heavy atom. The lowest BCUT2D eigenvalue weighted by Gasteiger charge is -2.40. The molecule has 1 aliphatic rings. The van der Waals surface area contributed by atoms with Gasteiger partial charge in [0.25, 0.3) is 0 Å². The third kappa shape index (κ3) is 4.46. The van der Waals surface area contributed by atoms with Crippen molar-refractivity contribution in [1.29, 1.82) is 0 Å². The summed E-state index contributed by atoms with van der Waals surface area (Å²) in [5.41, 5.74) is 0.560. The van der Waals surface area contributed by atoms with Crippen LogP contribution in [0.25, 0.3) is 5.69 Å². The highest BCUT2D eigenvalue weighted by Crippen LogP contribution is 2.51. The predicted octanol–water partition coefficient (Wildman–Crippen LogP) is 6.74. The number of hydrogen-bond donors (Lipinski definition) is 1. The molecule has 190 valence electrons. The molecule has 3 aromatic carbocycles. The summed E-state index contributed by atoms with van der Waals surface area (Å²) < 4.78 is 67.5. The van der Waals surface area contributed by atoms with E-state index in [1.165, 1.54) is 13.2 Å². The number of aromatic nitrogens is 2. The molecular formula is C28H24F4N4O. The fourth-order valence-corrected chi connectivity index (χ4v) is 4.68.